The highest BCUT2D eigenvalue weighted by Gasteiger charge is 2.16. The molecule has 2 aromatic rings. The number of rotatable bonds is 6. The number of methoxy groups -OCH3 is 1. The van der Waals surface area contributed by atoms with Gasteiger partial charge in [-0.25, -0.2) is 4.98 Å². The van der Waals surface area contributed by atoms with Gasteiger partial charge in [0.2, 0.25) is 0 Å². The van der Waals surface area contributed by atoms with Gasteiger partial charge >= 0.3 is 0 Å². The Hall–Kier alpha value is -1.23. The lowest BCUT2D eigenvalue weighted by Gasteiger charge is -2.07. The van der Waals surface area contributed by atoms with Crippen LogP contribution in [0.4, 0.5) is 0 Å². The van der Waals surface area contributed by atoms with Crippen LogP contribution < -0.4 is 5.32 Å². The Balaban J connectivity index is 2.34. The van der Waals surface area contributed by atoms with Gasteiger partial charge in [0.05, 0.1) is 5.69 Å². The van der Waals surface area contributed by atoms with Crippen LogP contribution in [0.2, 0.25) is 0 Å². The molecule has 0 saturated heterocycles. The van der Waals surface area contributed by atoms with Crippen LogP contribution in [0.1, 0.15) is 36.8 Å². The minimum absolute atomic E-state index is 0.0373. The van der Waals surface area contributed by atoms with Crippen molar-refractivity contribution in [3.63, 3.8) is 0 Å². The second-order valence-electron chi connectivity index (χ2n) is 5.10. The molecule has 0 aliphatic heterocycles. The van der Waals surface area contributed by atoms with E-state index in [9.17, 15) is 0 Å². The summed E-state index contributed by atoms with van der Waals surface area (Å²) in [5.41, 5.74) is 2.24. The topological polar surface area (TPSA) is 34.1 Å². The van der Waals surface area contributed by atoms with Gasteiger partial charge in [-0.2, -0.15) is 0 Å². The molecule has 0 radical (unpaired) electrons. The number of benzene rings is 1. The van der Waals surface area contributed by atoms with Gasteiger partial charge in [-0.15, -0.1) is 11.3 Å². The fraction of sp³-hybridized carbons (Fsp3) is 0.438. The molecule has 0 amide bonds. The molecular weight excluding hydrogens is 268 g/mol. The minimum Gasteiger partial charge on any atom is -0.375 e. The number of ether oxygens (including phenoxy) is 1. The first-order valence-electron chi connectivity index (χ1n) is 6.93. The molecule has 2 rings (SSSR count). The van der Waals surface area contributed by atoms with Crippen molar-refractivity contribution in [3.05, 3.63) is 40.2 Å². The van der Waals surface area contributed by atoms with E-state index in [1.807, 2.05) is 25.1 Å². The highest BCUT2D eigenvalue weighted by Crippen LogP contribution is 2.32. The van der Waals surface area contributed by atoms with Crippen molar-refractivity contribution in [2.45, 2.75) is 39.5 Å². The first kappa shape index (κ1) is 15.2. The molecule has 0 aliphatic carbocycles. The van der Waals surface area contributed by atoms with Gasteiger partial charge < -0.3 is 10.1 Å². The Morgan fingerprint density at radius 3 is 2.50 bits per heavy atom. The van der Waals surface area contributed by atoms with E-state index in [0.29, 0.717) is 6.04 Å². The molecule has 108 valence electrons. The van der Waals surface area contributed by atoms with Gasteiger partial charge in [0, 0.05) is 30.1 Å². The summed E-state index contributed by atoms with van der Waals surface area (Å²) in [6.07, 6.45) is 0.0373. The molecule has 0 spiro atoms. The van der Waals surface area contributed by atoms with E-state index >= 15 is 0 Å². The third kappa shape index (κ3) is 3.66. The van der Waals surface area contributed by atoms with Crippen LogP contribution in [-0.4, -0.2) is 18.1 Å². The minimum atomic E-state index is 0.0373. The normalized spacial score (nSPS) is 12.8. The zero-order valence-electron chi connectivity index (χ0n) is 12.5. The third-order valence-corrected chi connectivity index (χ3v) is 4.35. The van der Waals surface area contributed by atoms with E-state index in [4.69, 9.17) is 9.72 Å². The third-order valence-electron chi connectivity index (χ3n) is 3.13. The highest BCUT2D eigenvalue weighted by molar-refractivity contribution is 7.12. The van der Waals surface area contributed by atoms with E-state index in [2.05, 4.69) is 31.3 Å². The van der Waals surface area contributed by atoms with E-state index in [1.165, 1.54) is 10.4 Å². The van der Waals surface area contributed by atoms with Crippen LogP contribution in [0.5, 0.6) is 0 Å². The molecule has 4 heteroatoms. The quantitative estimate of drug-likeness (QED) is 0.872. The van der Waals surface area contributed by atoms with Crippen LogP contribution in [0.3, 0.4) is 0 Å². The predicted octanol–water partition coefficient (Wildman–Crippen LogP) is 4.02. The van der Waals surface area contributed by atoms with Gasteiger partial charge in [0.1, 0.15) is 11.1 Å². The molecule has 1 aromatic heterocycles. The zero-order valence-corrected chi connectivity index (χ0v) is 13.3. The number of hydrogen-bond acceptors (Lipinski definition) is 4. The van der Waals surface area contributed by atoms with E-state index < -0.39 is 0 Å². The molecule has 1 heterocycles. The monoisotopic (exact) mass is 290 g/mol. The van der Waals surface area contributed by atoms with Crippen LogP contribution in [-0.2, 0) is 11.3 Å². The smallest absolute Gasteiger partial charge is 0.122 e. The molecule has 0 saturated carbocycles. The number of hydrogen-bond donors (Lipinski definition) is 1. The summed E-state index contributed by atoms with van der Waals surface area (Å²) in [5.74, 6) is 0. The summed E-state index contributed by atoms with van der Waals surface area (Å²) < 4.78 is 5.39. The van der Waals surface area contributed by atoms with Crippen LogP contribution in [0.25, 0.3) is 11.3 Å². The zero-order chi connectivity index (χ0) is 14.5. The molecule has 1 unspecified atom stereocenters. The van der Waals surface area contributed by atoms with Crippen molar-refractivity contribution in [2.24, 2.45) is 0 Å². The van der Waals surface area contributed by atoms with Crippen LogP contribution in [0, 0.1) is 0 Å². The Morgan fingerprint density at radius 2 is 1.90 bits per heavy atom. The fourth-order valence-corrected chi connectivity index (χ4v) is 2.95. The molecule has 1 atom stereocenters. The Kier molecular flexibility index (Phi) is 5.29. The van der Waals surface area contributed by atoms with Crippen molar-refractivity contribution >= 4 is 11.3 Å². The van der Waals surface area contributed by atoms with Crippen molar-refractivity contribution in [2.75, 3.05) is 7.11 Å². The largest absolute Gasteiger partial charge is 0.375 e. The molecular formula is C16H22N2OS. The molecule has 1 N–H and O–H groups in total. The van der Waals surface area contributed by atoms with Gasteiger partial charge in [-0.3, -0.25) is 0 Å². The summed E-state index contributed by atoms with van der Waals surface area (Å²) in [6, 6.07) is 10.8. The summed E-state index contributed by atoms with van der Waals surface area (Å²) in [6.45, 7) is 7.19. The van der Waals surface area contributed by atoms with Crippen LogP contribution in [0.15, 0.2) is 30.3 Å². The van der Waals surface area contributed by atoms with Gasteiger partial charge in [0.25, 0.3) is 0 Å². The second-order valence-corrected chi connectivity index (χ2v) is 6.22. The van der Waals surface area contributed by atoms with Gasteiger partial charge in [-0.05, 0) is 6.92 Å². The number of thiazole rings is 1. The second kappa shape index (κ2) is 6.97. The predicted molar refractivity (Wildman–Crippen MR) is 84.9 cm³/mol. The maximum absolute atomic E-state index is 5.39. The van der Waals surface area contributed by atoms with Crippen LogP contribution >= 0.6 is 11.3 Å². The molecule has 0 fully saturated rings. The van der Waals surface area contributed by atoms with Crippen molar-refractivity contribution < 1.29 is 4.74 Å². The highest BCUT2D eigenvalue weighted by atomic mass is 32.1. The summed E-state index contributed by atoms with van der Waals surface area (Å²) >= 11 is 1.73. The molecule has 0 bridgehead atoms. The lowest BCUT2D eigenvalue weighted by Crippen LogP contribution is -2.21. The number of nitrogens with one attached hydrogen (secondary N) is 1. The Labute approximate surface area is 125 Å². The lowest BCUT2D eigenvalue weighted by atomic mass is 10.1. The first-order chi connectivity index (χ1) is 9.61. The molecule has 0 aliphatic rings. The van der Waals surface area contributed by atoms with E-state index in [1.54, 1.807) is 18.4 Å². The SMILES string of the molecule is COC(C)c1nc(-c2ccccc2)c(CNC(C)C)s1. The Morgan fingerprint density at radius 1 is 1.20 bits per heavy atom. The maximum Gasteiger partial charge on any atom is 0.122 e. The standard InChI is InChI=1S/C16H22N2OS/c1-11(2)17-10-14-15(13-8-6-5-7-9-13)18-16(20-14)12(3)19-4/h5-9,11-12,17H,10H2,1-4H3. The van der Waals surface area contributed by atoms with E-state index in [-0.39, 0.29) is 6.10 Å². The van der Waals surface area contributed by atoms with Gasteiger partial charge in [0.15, 0.2) is 0 Å². The lowest BCUT2D eigenvalue weighted by molar-refractivity contribution is 0.119. The molecule has 20 heavy (non-hydrogen) atoms. The molecule has 3 nitrogen and oxygen atoms in total. The van der Waals surface area contributed by atoms with Crippen molar-refractivity contribution in [1.82, 2.24) is 10.3 Å². The average molecular weight is 290 g/mol. The summed E-state index contributed by atoms with van der Waals surface area (Å²) in [5, 5.41) is 4.51. The summed E-state index contributed by atoms with van der Waals surface area (Å²) in [4.78, 5) is 6.05. The summed E-state index contributed by atoms with van der Waals surface area (Å²) in [7, 11) is 1.72. The number of aromatic nitrogens is 1. The molecule has 1 aromatic carbocycles. The maximum atomic E-state index is 5.39. The number of nitrogens with zero attached hydrogens (tertiary/aromatic N) is 1. The van der Waals surface area contributed by atoms with Gasteiger partial charge in [-0.1, -0.05) is 44.2 Å². The Bertz CT molecular complexity index is 537. The first-order valence-corrected chi connectivity index (χ1v) is 7.74. The van der Waals surface area contributed by atoms with E-state index in [0.717, 1.165) is 17.2 Å². The fourth-order valence-electron chi connectivity index (χ4n) is 1.88. The average Bonchev–Trinajstić information content (AvgIpc) is 2.89. The van der Waals surface area contributed by atoms with Crippen molar-refractivity contribution in [1.29, 1.82) is 0 Å². The van der Waals surface area contributed by atoms with Crippen molar-refractivity contribution in [3.8, 4) is 11.3 Å².